The van der Waals surface area contributed by atoms with Gasteiger partial charge in [-0.1, -0.05) is 11.3 Å². The molecule has 1 heterocycles. The molecule has 0 fully saturated rings. The monoisotopic (exact) mass is 451 g/mol. The number of anilines is 1. The van der Waals surface area contributed by atoms with Crippen LogP contribution in [0.4, 0.5) is 5.13 Å². The van der Waals surface area contributed by atoms with Crippen LogP contribution in [0.2, 0.25) is 0 Å². The first-order chi connectivity index (χ1) is 14.0. The van der Waals surface area contributed by atoms with E-state index in [4.69, 9.17) is 14.2 Å². The van der Waals surface area contributed by atoms with E-state index in [9.17, 15) is 4.79 Å². The highest BCUT2D eigenvalue weighted by Gasteiger charge is 2.23. The van der Waals surface area contributed by atoms with Gasteiger partial charge in [0.05, 0.1) is 31.5 Å². The molecule has 0 aliphatic heterocycles. The lowest BCUT2D eigenvalue weighted by molar-refractivity contribution is 0.0985. The normalized spacial score (nSPS) is 10.6. The van der Waals surface area contributed by atoms with Crippen molar-refractivity contribution < 1.29 is 19.0 Å². The van der Waals surface area contributed by atoms with Crippen molar-refractivity contribution in [2.24, 2.45) is 0 Å². The first kappa shape index (κ1) is 23.7. The van der Waals surface area contributed by atoms with Crippen LogP contribution in [0.5, 0.6) is 17.2 Å². The summed E-state index contributed by atoms with van der Waals surface area (Å²) in [6, 6.07) is 10.9. The molecule has 0 saturated carbocycles. The number of methoxy groups -OCH3 is 3. The summed E-state index contributed by atoms with van der Waals surface area (Å²) in [5.74, 6) is 1.72. The average Bonchev–Trinajstić information content (AvgIpc) is 3.15. The van der Waals surface area contributed by atoms with Crippen molar-refractivity contribution in [3.8, 4) is 17.2 Å². The Labute approximate surface area is 186 Å². The summed E-state index contributed by atoms with van der Waals surface area (Å²) in [7, 11) is 8.70. The number of hydrogen-bond acceptors (Lipinski definition) is 7. The molecule has 30 heavy (non-hydrogen) atoms. The second kappa shape index (κ2) is 10.5. The number of ether oxygens (including phenoxy) is 3. The van der Waals surface area contributed by atoms with Crippen LogP contribution in [-0.2, 0) is 0 Å². The molecule has 0 aliphatic rings. The van der Waals surface area contributed by atoms with E-state index in [0.29, 0.717) is 35.3 Å². The number of fused-ring (bicyclic) bond motifs is 1. The highest BCUT2D eigenvalue weighted by Crippen LogP contribution is 2.33. The predicted molar refractivity (Wildman–Crippen MR) is 123 cm³/mol. The number of halogens is 1. The molecule has 2 aromatic carbocycles. The second-order valence-electron chi connectivity index (χ2n) is 6.66. The number of rotatable bonds is 8. The molecule has 9 heteroatoms. The van der Waals surface area contributed by atoms with Crippen LogP contribution in [0.25, 0.3) is 10.2 Å². The number of benzene rings is 2. The Morgan fingerprint density at radius 1 is 0.967 bits per heavy atom. The standard InChI is InChI=1S/C21H25N3O4S.ClH/c1-23(2)10-11-24(20(25)14-6-9-17(27-4)18(12-14)28-5)21-22-16-8-7-15(26-3)13-19(16)29-21;/h6-9,12-13H,10-11H2,1-5H3;1H. The number of thiazole rings is 1. The summed E-state index contributed by atoms with van der Waals surface area (Å²) in [5.41, 5.74) is 1.35. The topological polar surface area (TPSA) is 64.1 Å². The van der Waals surface area contributed by atoms with Gasteiger partial charge in [-0.3, -0.25) is 9.69 Å². The second-order valence-corrected chi connectivity index (χ2v) is 7.67. The van der Waals surface area contributed by atoms with E-state index in [0.717, 1.165) is 16.0 Å². The highest BCUT2D eigenvalue weighted by molar-refractivity contribution is 7.22. The third-order valence-electron chi connectivity index (χ3n) is 4.46. The molecule has 0 spiro atoms. The van der Waals surface area contributed by atoms with Gasteiger partial charge >= 0.3 is 0 Å². The fourth-order valence-electron chi connectivity index (χ4n) is 2.84. The maximum Gasteiger partial charge on any atom is 0.260 e. The molecule has 0 bridgehead atoms. The number of likely N-dealkylation sites (N-methyl/N-ethyl adjacent to an activating group) is 1. The fourth-order valence-corrected chi connectivity index (χ4v) is 3.86. The number of carbonyl (C=O) groups is 1. The van der Waals surface area contributed by atoms with Crippen LogP contribution in [0.15, 0.2) is 36.4 Å². The van der Waals surface area contributed by atoms with Crippen LogP contribution < -0.4 is 19.1 Å². The molecule has 1 amide bonds. The zero-order valence-electron chi connectivity index (χ0n) is 17.7. The van der Waals surface area contributed by atoms with Crippen LogP contribution in [0.3, 0.4) is 0 Å². The van der Waals surface area contributed by atoms with Gasteiger partial charge in [0.15, 0.2) is 16.6 Å². The van der Waals surface area contributed by atoms with Crippen molar-refractivity contribution >= 4 is 45.0 Å². The summed E-state index contributed by atoms with van der Waals surface area (Å²) >= 11 is 1.47. The highest BCUT2D eigenvalue weighted by atomic mass is 35.5. The van der Waals surface area contributed by atoms with Crippen molar-refractivity contribution in [2.75, 3.05) is 53.4 Å². The summed E-state index contributed by atoms with van der Waals surface area (Å²) in [5, 5.41) is 0.648. The Balaban J connectivity index is 0.00000320. The number of nitrogens with zero attached hydrogens (tertiary/aromatic N) is 3. The van der Waals surface area contributed by atoms with Gasteiger partial charge in [-0.25, -0.2) is 4.98 Å². The van der Waals surface area contributed by atoms with Gasteiger partial charge in [0, 0.05) is 18.7 Å². The molecule has 0 saturated heterocycles. The summed E-state index contributed by atoms with van der Waals surface area (Å²) < 4.78 is 16.9. The molecule has 1 aromatic heterocycles. The lowest BCUT2D eigenvalue weighted by Gasteiger charge is -2.22. The molecule has 3 aromatic rings. The van der Waals surface area contributed by atoms with Gasteiger partial charge in [0.25, 0.3) is 5.91 Å². The van der Waals surface area contributed by atoms with Crippen molar-refractivity contribution in [3.05, 3.63) is 42.0 Å². The minimum absolute atomic E-state index is 0. The van der Waals surface area contributed by atoms with E-state index < -0.39 is 0 Å². The Bertz CT molecular complexity index is 1010. The van der Waals surface area contributed by atoms with E-state index >= 15 is 0 Å². The zero-order valence-corrected chi connectivity index (χ0v) is 19.3. The van der Waals surface area contributed by atoms with Crippen molar-refractivity contribution in [3.63, 3.8) is 0 Å². The summed E-state index contributed by atoms with van der Waals surface area (Å²) in [4.78, 5) is 21.8. The lowest BCUT2D eigenvalue weighted by Crippen LogP contribution is -2.36. The number of aromatic nitrogens is 1. The van der Waals surface area contributed by atoms with Gasteiger partial charge < -0.3 is 19.1 Å². The third kappa shape index (κ3) is 5.13. The Morgan fingerprint density at radius 3 is 2.33 bits per heavy atom. The first-order valence-corrected chi connectivity index (χ1v) is 9.91. The minimum Gasteiger partial charge on any atom is -0.497 e. The molecular formula is C21H26ClN3O4S. The molecule has 0 aliphatic carbocycles. The molecular weight excluding hydrogens is 426 g/mol. The number of amides is 1. The molecule has 0 N–H and O–H groups in total. The SMILES string of the molecule is COc1ccc2nc(N(CCN(C)C)C(=O)c3ccc(OC)c(OC)c3)sc2c1.Cl. The van der Waals surface area contributed by atoms with E-state index in [1.54, 1.807) is 44.4 Å². The van der Waals surface area contributed by atoms with Crippen LogP contribution in [0.1, 0.15) is 10.4 Å². The molecule has 0 unspecified atom stereocenters. The molecule has 0 radical (unpaired) electrons. The van der Waals surface area contributed by atoms with E-state index in [-0.39, 0.29) is 18.3 Å². The zero-order chi connectivity index (χ0) is 21.0. The predicted octanol–water partition coefficient (Wildman–Crippen LogP) is 3.95. The first-order valence-electron chi connectivity index (χ1n) is 9.10. The Hall–Kier alpha value is -2.55. The maximum absolute atomic E-state index is 13.4. The van der Waals surface area contributed by atoms with Gasteiger partial charge in [-0.2, -0.15) is 0 Å². The molecule has 7 nitrogen and oxygen atoms in total. The smallest absolute Gasteiger partial charge is 0.260 e. The van der Waals surface area contributed by atoms with Crippen molar-refractivity contribution in [2.45, 2.75) is 0 Å². The Kier molecular flexibility index (Phi) is 8.28. The number of carbonyl (C=O) groups excluding carboxylic acids is 1. The van der Waals surface area contributed by atoms with Gasteiger partial charge in [-0.05, 0) is 50.5 Å². The van der Waals surface area contributed by atoms with Crippen LogP contribution in [-0.4, -0.2) is 64.3 Å². The molecule has 162 valence electrons. The Morgan fingerprint density at radius 2 is 1.70 bits per heavy atom. The molecule has 0 atom stereocenters. The number of hydrogen-bond donors (Lipinski definition) is 0. The molecule has 3 rings (SSSR count). The van der Waals surface area contributed by atoms with Crippen LogP contribution in [0, 0.1) is 0 Å². The quantitative estimate of drug-likeness (QED) is 0.516. The van der Waals surface area contributed by atoms with E-state index in [1.807, 2.05) is 37.2 Å². The average molecular weight is 452 g/mol. The largest absolute Gasteiger partial charge is 0.497 e. The fraction of sp³-hybridized carbons (Fsp3) is 0.333. The summed E-state index contributed by atoms with van der Waals surface area (Å²) in [6.07, 6.45) is 0. The van der Waals surface area contributed by atoms with Gasteiger partial charge in [0.2, 0.25) is 0 Å². The minimum atomic E-state index is -0.140. The summed E-state index contributed by atoms with van der Waals surface area (Å²) in [6.45, 7) is 1.22. The van der Waals surface area contributed by atoms with E-state index in [1.165, 1.54) is 11.3 Å². The van der Waals surface area contributed by atoms with Crippen LogP contribution >= 0.6 is 23.7 Å². The maximum atomic E-state index is 13.4. The van der Waals surface area contributed by atoms with E-state index in [2.05, 4.69) is 4.98 Å². The van der Waals surface area contributed by atoms with Gasteiger partial charge in [-0.15, -0.1) is 12.4 Å². The van der Waals surface area contributed by atoms with Crippen molar-refractivity contribution in [1.29, 1.82) is 0 Å². The van der Waals surface area contributed by atoms with Gasteiger partial charge in [0.1, 0.15) is 5.75 Å². The third-order valence-corrected chi connectivity index (χ3v) is 5.50. The van der Waals surface area contributed by atoms with Crippen molar-refractivity contribution in [1.82, 2.24) is 9.88 Å². The lowest BCUT2D eigenvalue weighted by atomic mass is 10.1.